The summed E-state index contributed by atoms with van der Waals surface area (Å²) in [6.07, 6.45) is -2.24. The predicted molar refractivity (Wildman–Crippen MR) is 69.3 cm³/mol. The van der Waals surface area contributed by atoms with Crippen molar-refractivity contribution in [3.05, 3.63) is 0 Å². The Hall–Kier alpha value is -0.940. The van der Waals surface area contributed by atoms with E-state index in [1.807, 2.05) is 20.8 Å². The smallest absolute Gasteiger partial charge is 0.313 e. The maximum atomic E-state index is 12.2. The van der Waals surface area contributed by atoms with Crippen molar-refractivity contribution in [2.45, 2.75) is 59.4 Å². The molecule has 0 saturated carbocycles. The Balaban J connectivity index is 3.20. The molecule has 1 saturated heterocycles. The molecule has 1 fully saturated rings. The molecule has 0 bridgehead atoms. The Morgan fingerprint density at radius 3 is 2.11 bits per heavy atom. The first-order valence-electron chi connectivity index (χ1n) is 6.52. The third kappa shape index (κ3) is 2.98. The first kappa shape index (κ1) is 16.1. The Morgan fingerprint density at radius 2 is 1.84 bits per heavy atom. The lowest BCUT2D eigenvalue weighted by atomic mass is 9.67. The first-order chi connectivity index (χ1) is 8.39. The summed E-state index contributed by atoms with van der Waals surface area (Å²) in [6.45, 7) is 10.0. The van der Waals surface area contributed by atoms with Gasteiger partial charge < -0.3 is 14.9 Å². The van der Waals surface area contributed by atoms with Crippen LogP contribution in [0.3, 0.4) is 0 Å². The van der Waals surface area contributed by atoms with Gasteiger partial charge in [0, 0.05) is 5.92 Å². The van der Waals surface area contributed by atoms with E-state index in [-0.39, 0.29) is 0 Å². The van der Waals surface area contributed by atoms with Crippen LogP contribution in [0.5, 0.6) is 0 Å². The number of carbonyl (C=O) groups is 2. The highest BCUT2D eigenvalue weighted by Gasteiger charge is 2.56. The van der Waals surface area contributed by atoms with E-state index >= 15 is 0 Å². The van der Waals surface area contributed by atoms with Crippen LogP contribution in [0.15, 0.2) is 0 Å². The van der Waals surface area contributed by atoms with Crippen molar-refractivity contribution in [2.24, 2.45) is 17.3 Å². The largest absolute Gasteiger partial charge is 0.457 e. The number of Topliss-reactive ketones (excluding diaryl/α,β-unsaturated/α-hetero) is 1. The Morgan fingerprint density at radius 1 is 1.37 bits per heavy atom. The van der Waals surface area contributed by atoms with Crippen molar-refractivity contribution in [2.75, 3.05) is 0 Å². The number of ketones is 1. The quantitative estimate of drug-likeness (QED) is 0.746. The molecular weight excluding hydrogens is 248 g/mol. The zero-order chi connectivity index (χ0) is 15.2. The molecule has 5 heteroatoms. The van der Waals surface area contributed by atoms with Crippen molar-refractivity contribution < 1.29 is 24.5 Å². The SMILES string of the molecule is CC(O)C(=O)C(C1C(=O)OC(C)(C)C1O)C(C)(C)C. The van der Waals surface area contributed by atoms with Crippen molar-refractivity contribution in [3.8, 4) is 0 Å². The second kappa shape index (κ2) is 4.87. The minimum Gasteiger partial charge on any atom is -0.457 e. The Labute approximate surface area is 114 Å². The van der Waals surface area contributed by atoms with E-state index in [0.717, 1.165) is 0 Å². The number of rotatable bonds is 3. The Bertz CT molecular complexity index is 378. The summed E-state index contributed by atoms with van der Waals surface area (Å²) in [5, 5.41) is 19.8. The highest BCUT2D eigenvalue weighted by Crippen LogP contribution is 2.43. The van der Waals surface area contributed by atoms with Crippen LogP contribution < -0.4 is 0 Å². The topological polar surface area (TPSA) is 83.8 Å². The second-order valence-electron chi connectivity index (χ2n) is 6.92. The maximum absolute atomic E-state index is 12.2. The van der Waals surface area contributed by atoms with Gasteiger partial charge in [-0.15, -0.1) is 0 Å². The summed E-state index contributed by atoms with van der Waals surface area (Å²) in [5.74, 6) is -2.73. The lowest BCUT2D eigenvalue weighted by molar-refractivity contribution is -0.153. The van der Waals surface area contributed by atoms with Gasteiger partial charge in [0.1, 0.15) is 17.8 Å². The van der Waals surface area contributed by atoms with Crippen molar-refractivity contribution in [1.29, 1.82) is 0 Å². The monoisotopic (exact) mass is 272 g/mol. The summed E-state index contributed by atoms with van der Waals surface area (Å²) in [6, 6.07) is 0. The lowest BCUT2D eigenvalue weighted by Gasteiger charge is -2.35. The first-order valence-corrected chi connectivity index (χ1v) is 6.52. The molecule has 0 aromatic heterocycles. The lowest BCUT2D eigenvalue weighted by Crippen LogP contribution is -2.47. The van der Waals surface area contributed by atoms with Gasteiger partial charge in [-0.3, -0.25) is 9.59 Å². The molecule has 4 atom stereocenters. The van der Waals surface area contributed by atoms with Gasteiger partial charge >= 0.3 is 5.97 Å². The summed E-state index contributed by atoms with van der Waals surface area (Å²) in [4.78, 5) is 24.2. The molecule has 5 nitrogen and oxygen atoms in total. The van der Waals surface area contributed by atoms with Crippen LogP contribution in [-0.4, -0.2) is 39.8 Å². The molecular formula is C14H24O5. The number of hydrogen-bond acceptors (Lipinski definition) is 5. The zero-order valence-corrected chi connectivity index (χ0v) is 12.4. The van der Waals surface area contributed by atoms with Gasteiger partial charge in [0.25, 0.3) is 0 Å². The maximum Gasteiger partial charge on any atom is 0.313 e. The van der Waals surface area contributed by atoms with Crippen molar-refractivity contribution in [3.63, 3.8) is 0 Å². The number of ether oxygens (including phenoxy) is 1. The summed E-state index contributed by atoms with van der Waals surface area (Å²) in [5.41, 5.74) is -1.57. The number of cyclic esters (lactones) is 1. The van der Waals surface area contributed by atoms with E-state index in [9.17, 15) is 19.8 Å². The number of carbonyl (C=O) groups excluding carboxylic acids is 2. The molecule has 4 unspecified atom stereocenters. The highest BCUT2D eigenvalue weighted by molar-refractivity contribution is 5.91. The molecule has 0 aliphatic carbocycles. The molecule has 0 aromatic carbocycles. The van der Waals surface area contributed by atoms with Gasteiger partial charge in [0.15, 0.2) is 5.78 Å². The van der Waals surface area contributed by atoms with Crippen LogP contribution in [0, 0.1) is 17.3 Å². The second-order valence-corrected chi connectivity index (χ2v) is 6.92. The van der Waals surface area contributed by atoms with Gasteiger partial charge in [0.2, 0.25) is 0 Å². The molecule has 0 amide bonds. The fraction of sp³-hybridized carbons (Fsp3) is 0.857. The average Bonchev–Trinajstić information content (AvgIpc) is 2.38. The van der Waals surface area contributed by atoms with E-state index in [4.69, 9.17) is 4.74 Å². The minimum atomic E-state index is -1.17. The van der Waals surface area contributed by atoms with Crippen LogP contribution in [0.1, 0.15) is 41.5 Å². The van der Waals surface area contributed by atoms with Gasteiger partial charge in [-0.05, 0) is 26.2 Å². The number of aliphatic hydroxyl groups excluding tert-OH is 2. The molecule has 0 radical (unpaired) electrons. The fourth-order valence-electron chi connectivity index (χ4n) is 2.67. The Kier molecular flexibility index (Phi) is 4.13. The average molecular weight is 272 g/mol. The standard InChI is InChI=1S/C14H24O5/c1-7(15)10(16)9(13(2,3)4)8-11(17)14(5,6)19-12(8)18/h7-9,11,15,17H,1-6H3. The van der Waals surface area contributed by atoms with Crippen LogP contribution in [-0.2, 0) is 14.3 Å². The van der Waals surface area contributed by atoms with E-state index in [0.29, 0.717) is 0 Å². The van der Waals surface area contributed by atoms with Gasteiger partial charge in [0.05, 0.1) is 5.92 Å². The van der Waals surface area contributed by atoms with E-state index in [1.165, 1.54) is 6.92 Å². The molecule has 19 heavy (non-hydrogen) atoms. The molecule has 110 valence electrons. The van der Waals surface area contributed by atoms with E-state index in [2.05, 4.69) is 0 Å². The van der Waals surface area contributed by atoms with Crippen molar-refractivity contribution >= 4 is 11.8 Å². The van der Waals surface area contributed by atoms with Gasteiger partial charge in [-0.1, -0.05) is 20.8 Å². The van der Waals surface area contributed by atoms with E-state index < -0.39 is 46.8 Å². The number of hydrogen-bond donors (Lipinski definition) is 2. The van der Waals surface area contributed by atoms with Gasteiger partial charge in [-0.25, -0.2) is 0 Å². The summed E-state index contributed by atoms with van der Waals surface area (Å²) in [7, 11) is 0. The molecule has 1 heterocycles. The molecule has 0 spiro atoms. The molecule has 1 rings (SSSR count). The fourth-order valence-corrected chi connectivity index (χ4v) is 2.67. The zero-order valence-electron chi connectivity index (χ0n) is 12.4. The third-order valence-electron chi connectivity index (χ3n) is 3.70. The number of aliphatic hydroxyl groups is 2. The summed E-state index contributed by atoms with van der Waals surface area (Å²) >= 11 is 0. The number of esters is 1. The highest BCUT2D eigenvalue weighted by atomic mass is 16.6. The predicted octanol–water partition coefficient (Wildman–Crippen LogP) is 0.911. The van der Waals surface area contributed by atoms with Crippen LogP contribution in [0.25, 0.3) is 0 Å². The normalized spacial score (nSPS) is 29.8. The van der Waals surface area contributed by atoms with E-state index in [1.54, 1.807) is 13.8 Å². The molecule has 0 aromatic rings. The molecule has 1 aliphatic rings. The van der Waals surface area contributed by atoms with Crippen LogP contribution in [0.4, 0.5) is 0 Å². The van der Waals surface area contributed by atoms with Gasteiger partial charge in [-0.2, -0.15) is 0 Å². The molecule has 2 N–H and O–H groups in total. The minimum absolute atomic E-state index is 0.439. The third-order valence-corrected chi connectivity index (χ3v) is 3.70. The summed E-state index contributed by atoms with van der Waals surface area (Å²) < 4.78 is 5.16. The van der Waals surface area contributed by atoms with Crippen LogP contribution in [0.2, 0.25) is 0 Å². The molecule has 1 aliphatic heterocycles. The van der Waals surface area contributed by atoms with Crippen molar-refractivity contribution in [1.82, 2.24) is 0 Å². The van der Waals surface area contributed by atoms with Crippen LogP contribution >= 0.6 is 0 Å².